The third-order valence-electron chi connectivity index (χ3n) is 4.51. The van der Waals surface area contributed by atoms with Gasteiger partial charge in [-0.1, -0.05) is 24.3 Å². The zero-order valence-corrected chi connectivity index (χ0v) is 14.8. The Morgan fingerprint density at radius 2 is 1.93 bits per heavy atom. The first-order valence-electron chi connectivity index (χ1n) is 8.51. The molecule has 5 nitrogen and oxygen atoms in total. The predicted molar refractivity (Wildman–Crippen MR) is 98.0 cm³/mol. The molecule has 29 heavy (non-hydrogen) atoms. The lowest BCUT2D eigenvalue weighted by Gasteiger charge is -2.14. The van der Waals surface area contributed by atoms with Crippen molar-refractivity contribution >= 4 is 22.4 Å². The number of carbonyl (C=O) groups is 1. The van der Waals surface area contributed by atoms with E-state index in [1.165, 1.54) is 18.2 Å². The maximum Gasteiger partial charge on any atom is 0.417 e. The number of alkyl halides is 3. The normalized spacial score (nSPS) is 11.5. The summed E-state index contributed by atoms with van der Waals surface area (Å²) in [6.45, 7) is -0.340. The molecular weight excluding hydrogens is 383 g/mol. The van der Waals surface area contributed by atoms with Crippen LogP contribution in [0.3, 0.4) is 0 Å². The second kappa shape index (κ2) is 6.95. The van der Waals surface area contributed by atoms with Crippen molar-refractivity contribution in [3.63, 3.8) is 0 Å². The van der Waals surface area contributed by atoms with Crippen LogP contribution in [0.4, 0.5) is 13.2 Å². The molecule has 3 aromatic heterocycles. The second-order valence-corrected chi connectivity index (χ2v) is 6.27. The number of para-hydroxylation sites is 1. The van der Waals surface area contributed by atoms with E-state index in [9.17, 15) is 23.2 Å². The van der Waals surface area contributed by atoms with Crippen LogP contribution in [0.1, 0.15) is 27.0 Å². The standard InChI is InChI=1S/C21H12F3N3O2/c22-21(23,24)19-14-5-1-2-6-17(14)26-10-16(19)20(28)29-12-13-11-27-8-4-3-7-18(27)15(13)9-25/h1-8,10-11H,12H2. The lowest BCUT2D eigenvalue weighted by molar-refractivity contribution is -0.136. The van der Waals surface area contributed by atoms with Gasteiger partial charge in [0.25, 0.3) is 0 Å². The first-order valence-corrected chi connectivity index (χ1v) is 8.51. The van der Waals surface area contributed by atoms with Crippen LogP contribution in [0.15, 0.2) is 61.1 Å². The fraction of sp³-hybridized carbons (Fsp3) is 0.0952. The number of ether oxygens (including phenoxy) is 1. The molecule has 0 aliphatic heterocycles. The molecule has 0 atom stereocenters. The number of fused-ring (bicyclic) bond motifs is 2. The molecule has 8 heteroatoms. The topological polar surface area (TPSA) is 67.4 Å². The minimum Gasteiger partial charge on any atom is -0.457 e. The van der Waals surface area contributed by atoms with Gasteiger partial charge in [-0.15, -0.1) is 0 Å². The smallest absolute Gasteiger partial charge is 0.417 e. The number of pyridine rings is 2. The van der Waals surface area contributed by atoms with Gasteiger partial charge in [0, 0.05) is 29.5 Å². The number of esters is 1. The van der Waals surface area contributed by atoms with Crippen LogP contribution in [-0.4, -0.2) is 15.4 Å². The Morgan fingerprint density at radius 3 is 2.69 bits per heavy atom. The Bertz CT molecular complexity index is 1290. The van der Waals surface area contributed by atoms with Gasteiger partial charge in [-0.05, 0) is 18.2 Å². The second-order valence-electron chi connectivity index (χ2n) is 6.27. The minimum absolute atomic E-state index is 0.127. The Labute approximate surface area is 162 Å². The number of benzene rings is 1. The quantitative estimate of drug-likeness (QED) is 0.470. The molecule has 0 N–H and O–H groups in total. The summed E-state index contributed by atoms with van der Waals surface area (Å²) in [5.41, 5.74) is -0.319. The van der Waals surface area contributed by atoms with E-state index >= 15 is 0 Å². The zero-order chi connectivity index (χ0) is 20.6. The van der Waals surface area contributed by atoms with Crippen LogP contribution < -0.4 is 0 Å². The average Bonchev–Trinajstić information content (AvgIpc) is 3.07. The van der Waals surface area contributed by atoms with Crippen molar-refractivity contribution in [1.82, 2.24) is 9.38 Å². The number of rotatable bonds is 3. The fourth-order valence-electron chi connectivity index (χ4n) is 3.24. The molecular formula is C21H12F3N3O2. The highest BCUT2D eigenvalue weighted by Gasteiger charge is 2.38. The lowest BCUT2D eigenvalue weighted by Crippen LogP contribution is -2.16. The molecule has 0 spiro atoms. The van der Waals surface area contributed by atoms with Gasteiger partial charge in [0.05, 0.1) is 27.7 Å². The number of hydrogen-bond donors (Lipinski definition) is 0. The summed E-state index contributed by atoms with van der Waals surface area (Å²) in [6.07, 6.45) is -0.574. The molecule has 0 saturated carbocycles. The Morgan fingerprint density at radius 1 is 1.17 bits per heavy atom. The monoisotopic (exact) mass is 395 g/mol. The summed E-state index contributed by atoms with van der Waals surface area (Å²) in [5, 5.41) is 9.22. The highest BCUT2D eigenvalue weighted by Crippen LogP contribution is 2.37. The molecule has 144 valence electrons. The number of aromatic nitrogens is 2. The van der Waals surface area contributed by atoms with E-state index in [4.69, 9.17) is 4.74 Å². The Balaban J connectivity index is 1.70. The summed E-state index contributed by atoms with van der Waals surface area (Å²) in [6, 6.07) is 13.0. The van der Waals surface area contributed by atoms with E-state index < -0.39 is 23.3 Å². The zero-order valence-electron chi connectivity index (χ0n) is 14.8. The van der Waals surface area contributed by atoms with Crippen LogP contribution >= 0.6 is 0 Å². The van der Waals surface area contributed by atoms with Crippen LogP contribution in [0.25, 0.3) is 16.4 Å². The van der Waals surface area contributed by atoms with Gasteiger partial charge in [-0.2, -0.15) is 18.4 Å². The van der Waals surface area contributed by atoms with E-state index in [1.807, 2.05) is 6.07 Å². The van der Waals surface area contributed by atoms with Gasteiger partial charge in [0.15, 0.2) is 0 Å². The van der Waals surface area contributed by atoms with Crippen molar-refractivity contribution in [2.75, 3.05) is 0 Å². The van der Waals surface area contributed by atoms with Crippen molar-refractivity contribution in [3.05, 3.63) is 83.3 Å². The van der Waals surface area contributed by atoms with Crippen molar-refractivity contribution in [2.45, 2.75) is 12.8 Å². The predicted octanol–water partition coefficient (Wildman–Crippen LogP) is 4.73. The van der Waals surface area contributed by atoms with Crippen LogP contribution in [0.5, 0.6) is 0 Å². The lowest BCUT2D eigenvalue weighted by atomic mass is 10.0. The molecule has 4 aromatic rings. The van der Waals surface area contributed by atoms with Gasteiger partial charge in [0.2, 0.25) is 0 Å². The van der Waals surface area contributed by atoms with Crippen LogP contribution in [-0.2, 0) is 17.5 Å². The van der Waals surface area contributed by atoms with Crippen LogP contribution in [0.2, 0.25) is 0 Å². The molecule has 0 saturated heterocycles. The van der Waals surface area contributed by atoms with E-state index in [0.717, 1.165) is 6.20 Å². The molecule has 4 rings (SSSR count). The molecule has 0 aliphatic rings. The average molecular weight is 395 g/mol. The summed E-state index contributed by atoms with van der Waals surface area (Å²) in [4.78, 5) is 16.4. The summed E-state index contributed by atoms with van der Waals surface area (Å²) < 4.78 is 47.8. The van der Waals surface area contributed by atoms with Crippen molar-refractivity contribution in [1.29, 1.82) is 5.26 Å². The van der Waals surface area contributed by atoms with Gasteiger partial charge in [0.1, 0.15) is 12.7 Å². The fourth-order valence-corrected chi connectivity index (χ4v) is 3.24. The number of carbonyl (C=O) groups excluding carboxylic acids is 1. The molecule has 0 unspecified atom stereocenters. The number of hydrogen-bond acceptors (Lipinski definition) is 4. The molecule has 0 fully saturated rings. The first-order chi connectivity index (χ1) is 13.9. The number of nitriles is 1. The minimum atomic E-state index is -4.76. The summed E-state index contributed by atoms with van der Waals surface area (Å²) >= 11 is 0. The largest absolute Gasteiger partial charge is 0.457 e. The van der Waals surface area contributed by atoms with E-state index in [1.54, 1.807) is 41.1 Å². The molecule has 1 aromatic carbocycles. The van der Waals surface area contributed by atoms with Crippen molar-refractivity contribution in [3.8, 4) is 6.07 Å². The van der Waals surface area contributed by atoms with E-state index in [2.05, 4.69) is 4.98 Å². The Kier molecular flexibility index (Phi) is 4.43. The number of nitrogens with zero attached hydrogens (tertiary/aromatic N) is 3. The first kappa shape index (κ1) is 18.5. The third kappa shape index (κ3) is 3.27. The molecule has 0 bridgehead atoms. The van der Waals surface area contributed by atoms with Crippen molar-refractivity contribution in [2.24, 2.45) is 0 Å². The molecule has 0 aliphatic carbocycles. The highest BCUT2D eigenvalue weighted by molar-refractivity contribution is 5.97. The number of halogens is 3. The van der Waals surface area contributed by atoms with E-state index in [0.29, 0.717) is 16.6 Å². The SMILES string of the molecule is N#Cc1c(COC(=O)c2cnc3ccccc3c2C(F)(F)F)cn2ccccc12. The van der Waals surface area contributed by atoms with Gasteiger partial charge in [-0.25, -0.2) is 4.79 Å². The summed E-state index contributed by atoms with van der Waals surface area (Å²) in [5.74, 6) is -1.16. The van der Waals surface area contributed by atoms with E-state index in [-0.39, 0.29) is 17.5 Å². The maximum atomic E-state index is 13.7. The highest BCUT2D eigenvalue weighted by atomic mass is 19.4. The maximum absolute atomic E-state index is 13.7. The molecule has 0 radical (unpaired) electrons. The van der Waals surface area contributed by atoms with Gasteiger partial charge < -0.3 is 9.14 Å². The van der Waals surface area contributed by atoms with Gasteiger partial charge >= 0.3 is 12.1 Å². The van der Waals surface area contributed by atoms with Gasteiger partial charge in [-0.3, -0.25) is 4.98 Å². The Hall–Kier alpha value is -3.86. The van der Waals surface area contributed by atoms with Crippen molar-refractivity contribution < 1.29 is 22.7 Å². The molecule has 3 heterocycles. The van der Waals surface area contributed by atoms with Crippen LogP contribution in [0, 0.1) is 11.3 Å². The third-order valence-corrected chi connectivity index (χ3v) is 4.51. The summed E-state index contributed by atoms with van der Waals surface area (Å²) in [7, 11) is 0. The molecule has 0 amide bonds.